The predicted octanol–water partition coefficient (Wildman–Crippen LogP) is 0.958. The van der Waals surface area contributed by atoms with Crippen molar-refractivity contribution in [2.24, 2.45) is 0 Å². The van der Waals surface area contributed by atoms with Gasteiger partial charge in [0.2, 0.25) is 0 Å². The standard InChI is InChI=1S/C5H11.BH3.Co/c1-3-5-4-2;;/h1,3-5H2,2H3;1H3;. The van der Waals surface area contributed by atoms with E-state index in [2.05, 4.69) is 22.7 Å². The van der Waals surface area contributed by atoms with Crippen LogP contribution in [0.5, 0.6) is 0 Å². The SMILES string of the molecule is B.CCCC[CH2][Co]. The molecule has 0 saturated heterocycles. The van der Waals surface area contributed by atoms with E-state index < -0.39 is 0 Å². The van der Waals surface area contributed by atoms with Crippen molar-refractivity contribution in [1.29, 1.82) is 0 Å². The van der Waals surface area contributed by atoms with Crippen LogP contribution in [0.4, 0.5) is 0 Å². The number of rotatable bonds is 3. The van der Waals surface area contributed by atoms with Gasteiger partial charge in [0.25, 0.3) is 0 Å². The molecule has 0 heterocycles. The summed E-state index contributed by atoms with van der Waals surface area (Å²) in [6.07, 6.45) is 3.91. The van der Waals surface area contributed by atoms with Crippen molar-refractivity contribution in [3.63, 3.8) is 0 Å². The van der Waals surface area contributed by atoms with Gasteiger partial charge in [0.1, 0.15) is 0 Å². The Kier molecular flexibility index (Phi) is 14.7. The molecule has 0 aliphatic carbocycles. The van der Waals surface area contributed by atoms with E-state index in [1.165, 1.54) is 19.3 Å². The third kappa shape index (κ3) is 10.8. The van der Waals surface area contributed by atoms with Gasteiger partial charge in [0, 0.05) is 0 Å². The Bertz CT molecular complexity index is 20.0. The van der Waals surface area contributed by atoms with Crippen LogP contribution < -0.4 is 0 Å². The average molecular weight is 144 g/mol. The van der Waals surface area contributed by atoms with Crippen LogP contribution in [0.2, 0.25) is 5.36 Å². The van der Waals surface area contributed by atoms with E-state index >= 15 is 0 Å². The fraction of sp³-hybridized carbons (Fsp3) is 1.00. The van der Waals surface area contributed by atoms with Gasteiger partial charge in [-0.2, -0.15) is 0 Å². The van der Waals surface area contributed by atoms with E-state index in [-0.39, 0.29) is 8.41 Å². The summed E-state index contributed by atoms with van der Waals surface area (Å²) in [4.78, 5) is 0. The first kappa shape index (κ1) is 10.5. The van der Waals surface area contributed by atoms with Gasteiger partial charge in [0.05, 0.1) is 8.41 Å². The Morgan fingerprint density at radius 2 is 1.86 bits per heavy atom. The summed E-state index contributed by atoms with van der Waals surface area (Å²) in [6.45, 7) is 2.20. The Morgan fingerprint density at radius 3 is 2.00 bits per heavy atom. The van der Waals surface area contributed by atoms with E-state index in [0.717, 1.165) is 5.36 Å². The first-order valence-corrected chi connectivity index (χ1v) is 3.18. The van der Waals surface area contributed by atoms with E-state index in [9.17, 15) is 0 Å². The molecule has 0 N–H and O–H groups in total. The van der Waals surface area contributed by atoms with Crippen LogP contribution in [0.3, 0.4) is 0 Å². The monoisotopic (exact) mass is 144 g/mol. The second-order valence-corrected chi connectivity index (χ2v) is 1.89. The van der Waals surface area contributed by atoms with E-state index in [4.69, 9.17) is 0 Å². The Morgan fingerprint density at radius 1 is 1.29 bits per heavy atom. The van der Waals surface area contributed by atoms with Crippen LogP contribution in [0.25, 0.3) is 0 Å². The topological polar surface area (TPSA) is 0 Å². The van der Waals surface area contributed by atoms with Crippen LogP contribution in [0.15, 0.2) is 0 Å². The van der Waals surface area contributed by atoms with Crippen molar-refractivity contribution in [2.45, 2.75) is 31.5 Å². The minimum absolute atomic E-state index is 0. The molecule has 0 atom stereocenters. The van der Waals surface area contributed by atoms with Gasteiger partial charge >= 0.3 is 47.3 Å². The van der Waals surface area contributed by atoms with Crippen LogP contribution in [-0.4, -0.2) is 8.41 Å². The molecule has 0 bridgehead atoms. The van der Waals surface area contributed by atoms with Crippen LogP contribution in [0.1, 0.15) is 26.2 Å². The van der Waals surface area contributed by atoms with Crippen molar-refractivity contribution < 1.29 is 15.7 Å². The van der Waals surface area contributed by atoms with E-state index in [1.54, 1.807) is 0 Å². The molecule has 0 spiro atoms. The maximum absolute atomic E-state index is 4.10. The fourth-order valence-electron chi connectivity index (χ4n) is 0.333. The molecule has 46 valence electrons. The van der Waals surface area contributed by atoms with Crippen molar-refractivity contribution in [2.75, 3.05) is 0 Å². The zero-order chi connectivity index (χ0) is 4.83. The van der Waals surface area contributed by atoms with Crippen molar-refractivity contribution in [3.05, 3.63) is 0 Å². The molecule has 0 radical (unpaired) electrons. The first-order valence-electron chi connectivity index (χ1n) is 2.44. The van der Waals surface area contributed by atoms with Crippen LogP contribution in [0, 0.1) is 0 Å². The zero-order valence-electron chi connectivity index (χ0n) is 4.16. The summed E-state index contributed by atoms with van der Waals surface area (Å²) in [5.41, 5.74) is 0. The summed E-state index contributed by atoms with van der Waals surface area (Å²) in [5.74, 6) is 0. The second-order valence-electron chi connectivity index (χ2n) is 1.37. The Balaban J connectivity index is 0. The summed E-state index contributed by atoms with van der Waals surface area (Å²) < 4.78 is 0. The molecule has 0 aliphatic heterocycles. The zero-order valence-corrected chi connectivity index (χ0v) is 5.20. The van der Waals surface area contributed by atoms with Gasteiger partial charge in [0.15, 0.2) is 0 Å². The van der Waals surface area contributed by atoms with Gasteiger partial charge in [-0.05, 0) is 0 Å². The number of hydrogen-bond acceptors (Lipinski definition) is 0. The molecule has 0 fully saturated rings. The normalized spacial score (nSPS) is 7.86. The van der Waals surface area contributed by atoms with E-state index in [1.807, 2.05) is 0 Å². The molecule has 0 aromatic heterocycles. The summed E-state index contributed by atoms with van der Waals surface area (Å²) in [5, 5.41) is 1.04. The molecule has 2 heteroatoms. The molecule has 7 heavy (non-hydrogen) atoms. The number of unbranched alkanes of at least 4 members (excludes halogenated alkanes) is 2. The van der Waals surface area contributed by atoms with Gasteiger partial charge in [-0.1, -0.05) is 0 Å². The molecular formula is C5H14BCo. The summed E-state index contributed by atoms with van der Waals surface area (Å²) in [7, 11) is 0. The molecule has 0 amide bonds. The van der Waals surface area contributed by atoms with Gasteiger partial charge in [-0.15, -0.1) is 0 Å². The summed E-state index contributed by atoms with van der Waals surface area (Å²) in [6, 6.07) is 0. The molecule has 0 nitrogen and oxygen atoms in total. The third-order valence-electron chi connectivity index (χ3n) is 0.721. The molecule has 0 unspecified atom stereocenters. The fourth-order valence-corrected chi connectivity index (χ4v) is 0.594. The molecule has 0 rings (SSSR count). The van der Waals surface area contributed by atoms with Gasteiger partial charge in [-0.25, -0.2) is 0 Å². The molecule has 0 saturated carbocycles. The minimum atomic E-state index is 0. The second kappa shape index (κ2) is 9.76. The molecule has 0 aromatic rings. The van der Waals surface area contributed by atoms with Crippen LogP contribution in [-0.2, 0) is 15.7 Å². The van der Waals surface area contributed by atoms with Gasteiger partial charge < -0.3 is 0 Å². The Hall–Kier alpha value is 0.571. The predicted molar refractivity (Wildman–Crippen MR) is 34.3 cm³/mol. The van der Waals surface area contributed by atoms with Gasteiger partial charge in [-0.3, -0.25) is 0 Å². The Labute approximate surface area is 56.2 Å². The maximum atomic E-state index is 4.10. The molecular weight excluding hydrogens is 130 g/mol. The quantitative estimate of drug-likeness (QED) is 0.408. The van der Waals surface area contributed by atoms with E-state index in [0.29, 0.717) is 0 Å². The first-order chi connectivity index (χ1) is 2.91. The van der Waals surface area contributed by atoms with Crippen molar-refractivity contribution in [1.82, 2.24) is 0 Å². The molecule has 0 aliphatic rings. The average Bonchev–Trinajstić information content (AvgIpc) is 1.61. The van der Waals surface area contributed by atoms with Crippen molar-refractivity contribution in [3.8, 4) is 0 Å². The van der Waals surface area contributed by atoms with Crippen molar-refractivity contribution >= 4 is 8.41 Å². The summed E-state index contributed by atoms with van der Waals surface area (Å²) >= 11 is 4.10. The van der Waals surface area contributed by atoms with Crippen LogP contribution >= 0.6 is 0 Å². The number of hydrogen-bond donors (Lipinski definition) is 0. The third-order valence-corrected chi connectivity index (χ3v) is 1.09. The molecule has 0 aromatic carbocycles.